The van der Waals surface area contributed by atoms with Crippen LogP contribution >= 0.6 is 0 Å². The monoisotopic (exact) mass is 190 g/mol. The molecule has 0 aliphatic heterocycles. The van der Waals surface area contributed by atoms with Gasteiger partial charge in [-0.3, -0.25) is 0 Å². The molecule has 0 aliphatic rings. The van der Waals surface area contributed by atoms with Gasteiger partial charge in [-0.15, -0.1) is 0 Å². The van der Waals surface area contributed by atoms with Gasteiger partial charge >= 0.3 is 0 Å². The molecule has 76 valence electrons. The second-order valence-electron chi connectivity index (χ2n) is 3.41. The van der Waals surface area contributed by atoms with Crippen molar-refractivity contribution >= 4 is 0 Å². The summed E-state index contributed by atoms with van der Waals surface area (Å²) in [5, 5.41) is 0. The molecule has 0 heterocycles. The van der Waals surface area contributed by atoms with Crippen LogP contribution in [-0.2, 0) is 4.74 Å². The van der Waals surface area contributed by atoms with Gasteiger partial charge in [-0.1, -0.05) is 37.3 Å². The Morgan fingerprint density at radius 3 is 2.57 bits per heavy atom. The minimum atomic E-state index is 0.419. The number of hydrogen-bond donors (Lipinski definition) is 0. The van der Waals surface area contributed by atoms with Crippen molar-refractivity contribution in [2.75, 3.05) is 6.61 Å². The fourth-order valence-corrected chi connectivity index (χ4v) is 1.48. The van der Waals surface area contributed by atoms with Gasteiger partial charge in [-0.25, -0.2) is 0 Å². The number of allylic oxidation sites excluding steroid dienone is 2. The summed E-state index contributed by atoms with van der Waals surface area (Å²) in [6, 6.07) is 10.4. The van der Waals surface area contributed by atoms with E-state index >= 15 is 0 Å². The topological polar surface area (TPSA) is 9.23 Å². The first kappa shape index (κ1) is 10.8. The van der Waals surface area contributed by atoms with E-state index in [4.69, 9.17) is 4.74 Å². The fourth-order valence-electron chi connectivity index (χ4n) is 1.48. The summed E-state index contributed by atoms with van der Waals surface area (Å²) in [6.07, 6.45) is 2.15. The van der Waals surface area contributed by atoms with Crippen LogP contribution in [-0.4, -0.2) is 6.61 Å². The molecule has 0 aromatic heterocycles. The van der Waals surface area contributed by atoms with Crippen molar-refractivity contribution in [3.63, 3.8) is 0 Å². The van der Waals surface area contributed by atoms with Crippen LogP contribution in [0.4, 0.5) is 0 Å². The van der Waals surface area contributed by atoms with Crippen LogP contribution in [0.25, 0.3) is 0 Å². The molecule has 0 fully saturated rings. The fraction of sp³-hybridized carbons (Fsp3) is 0.385. The van der Waals surface area contributed by atoms with Gasteiger partial charge in [0.2, 0.25) is 0 Å². The summed E-state index contributed by atoms with van der Waals surface area (Å²) in [6.45, 7) is 6.93. The highest BCUT2D eigenvalue weighted by Crippen LogP contribution is 2.17. The van der Waals surface area contributed by atoms with E-state index in [2.05, 4.69) is 37.3 Å². The van der Waals surface area contributed by atoms with Gasteiger partial charge in [-0.2, -0.15) is 0 Å². The summed E-state index contributed by atoms with van der Waals surface area (Å²) < 4.78 is 5.40. The zero-order valence-corrected chi connectivity index (χ0v) is 9.16. The standard InChI is InChI=1S/C13H18O/c1-4-14-12(3)10-11(2)13-8-6-5-7-9-13/h5-11H,4H2,1-3H3/b12-10+/t11-/m0/s1. The Morgan fingerprint density at radius 2 is 2.00 bits per heavy atom. The Hall–Kier alpha value is -1.24. The number of ether oxygens (including phenoxy) is 1. The first-order valence-electron chi connectivity index (χ1n) is 5.10. The molecule has 0 bridgehead atoms. The van der Waals surface area contributed by atoms with Gasteiger partial charge in [0.05, 0.1) is 12.4 Å². The van der Waals surface area contributed by atoms with E-state index in [0.29, 0.717) is 5.92 Å². The Kier molecular flexibility index (Phi) is 4.24. The zero-order chi connectivity index (χ0) is 10.4. The molecule has 14 heavy (non-hydrogen) atoms. The molecule has 0 aliphatic carbocycles. The Bertz CT molecular complexity index is 287. The second-order valence-corrected chi connectivity index (χ2v) is 3.41. The minimum absolute atomic E-state index is 0.419. The predicted molar refractivity (Wildman–Crippen MR) is 60.2 cm³/mol. The lowest BCUT2D eigenvalue weighted by molar-refractivity contribution is 0.229. The van der Waals surface area contributed by atoms with Gasteiger partial charge in [0.15, 0.2) is 0 Å². The van der Waals surface area contributed by atoms with Crippen LogP contribution < -0.4 is 0 Å². The Labute approximate surface area is 86.4 Å². The highest BCUT2D eigenvalue weighted by molar-refractivity contribution is 5.23. The van der Waals surface area contributed by atoms with Crippen molar-refractivity contribution in [2.45, 2.75) is 26.7 Å². The van der Waals surface area contributed by atoms with E-state index < -0.39 is 0 Å². The predicted octanol–water partition coefficient (Wildman–Crippen LogP) is 3.73. The highest BCUT2D eigenvalue weighted by Gasteiger charge is 2.01. The lowest BCUT2D eigenvalue weighted by atomic mass is 10.0. The van der Waals surface area contributed by atoms with E-state index in [1.165, 1.54) is 5.56 Å². The SMILES string of the molecule is CCO/C(C)=C/[C@H](C)c1ccccc1. The van der Waals surface area contributed by atoms with Crippen LogP contribution in [0.2, 0.25) is 0 Å². The largest absolute Gasteiger partial charge is 0.499 e. The molecule has 0 radical (unpaired) electrons. The van der Waals surface area contributed by atoms with Crippen LogP contribution in [0.3, 0.4) is 0 Å². The van der Waals surface area contributed by atoms with Crippen LogP contribution in [0.5, 0.6) is 0 Å². The average molecular weight is 190 g/mol. The minimum Gasteiger partial charge on any atom is -0.499 e. The second kappa shape index (κ2) is 5.48. The molecule has 0 N–H and O–H groups in total. The summed E-state index contributed by atoms with van der Waals surface area (Å²) in [5.74, 6) is 1.42. The van der Waals surface area contributed by atoms with Crippen LogP contribution in [0.15, 0.2) is 42.2 Å². The van der Waals surface area contributed by atoms with Gasteiger partial charge in [0.25, 0.3) is 0 Å². The quantitative estimate of drug-likeness (QED) is 0.657. The third-order valence-electron chi connectivity index (χ3n) is 2.18. The molecule has 1 rings (SSSR count). The molecule has 0 saturated heterocycles. The van der Waals surface area contributed by atoms with Gasteiger partial charge in [-0.05, 0) is 25.5 Å². The maximum absolute atomic E-state index is 5.40. The van der Waals surface area contributed by atoms with E-state index in [1.54, 1.807) is 0 Å². The molecule has 1 atom stereocenters. The van der Waals surface area contributed by atoms with Crippen molar-refractivity contribution in [1.29, 1.82) is 0 Å². The highest BCUT2D eigenvalue weighted by atomic mass is 16.5. The summed E-state index contributed by atoms with van der Waals surface area (Å²) in [5.41, 5.74) is 1.33. The number of benzene rings is 1. The summed E-state index contributed by atoms with van der Waals surface area (Å²) in [4.78, 5) is 0. The van der Waals surface area contributed by atoms with Crippen LogP contribution in [0.1, 0.15) is 32.3 Å². The molecular weight excluding hydrogens is 172 g/mol. The van der Waals surface area contributed by atoms with E-state index in [0.717, 1.165) is 12.4 Å². The molecule has 1 aromatic carbocycles. The maximum Gasteiger partial charge on any atom is 0.0895 e. The molecule has 0 spiro atoms. The van der Waals surface area contributed by atoms with Gasteiger partial charge in [0.1, 0.15) is 0 Å². The number of hydrogen-bond acceptors (Lipinski definition) is 1. The van der Waals surface area contributed by atoms with Crippen molar-refractivity contribution < 1.29 is 4.74 Å². The van der Waals surface area contributed by atoms with Crippen molar-refractivity contribution in [3.05, 3.63) is 47.7 Å². The first-order chi connectivity index (χ1) is 6.74. The smallest absolute Gasteiger partial charge is 0.0895 e. The number of rotatable bonds is 4. The lowest BCUT2D eigenvalue weighted by Crippen LogP contribution is -1.93. The summed E-state index contributed by atoms with van der Waals surface area (Å²) in [7, 11) is 0. The lowest BCUT2D eigenvalue weighted by Gasteiger charge is -2.09. The summed E-state index contributed by atoms with van der Waals surface area (Å²) >= 11 is 0. The average Bonchev–Trinajstić information content (AvgIpc) is 2.19. The molecule has 1 heteroatoms. The zero-order valence-electron chi connectivity index (χ0n) is 9.16. The van der Waals surface area contributed by atoms with Crippen molar-refractivity contribution in [2.24, 2.45) is 0 Å². The first-order valence-corrected chi connectivity index (χ1v) is 5.10. The van der Waals surface area contributed by atoms with E-state index in [1.807, 2.05) is 19.9 Å². The Balaban J connectivity index is 2.67. The van der Waals surface area contributed by atoms with Gasteiger partial charge < -0.3 is 4.74 Å². The maximum atomic E-state index is 5.40. The third kappa shape index (κ3) is 3.25. The van der Waals surface area contributed by atoms with Crippen LogP contribution in [0, 0.1) is 0 Å². The van der Waals surface area contributed by atoms with E-state index in [-0.39, 0.29) is 0 Å². The van der Waals surface area contributed by atoms with E-state index in [9.17, 15) is 0 Å². The molecule has 0 amide bonds. The molecule has 0 unspecified atom stereocenters. The van der Waals surface area contributed by atoms with Crippen molar-refractivity contribution in [3.8, 4) is 0 Å². The molecule has 0 saturated carbocycles. The molecular formula is C13H18O. The van der Waals surface area contributed by atoms with Gasteiger partial charge in [0, 0.05) is 5.92 Å². The normalized spacial score (nSPS) is 13.8. The third-order valence-corrected chi connectivity index (χ3v) is 2.18. The Morgan fingerprint density at radius 1 is 1.36 bits per heavy atom. The molecule has 1 nitrogen and oxygen atoms in total. The van der Waals surface area contributed by atoms with Crippen molar-refractivity contribution in [1.82, 2.24) is 0 Å². The molecule has 1 aromatic rings.